The molecule has 0 bridgehead atoms. The van der Waals surface area contributed by atoms with Crippen LogP contribution in [0.5, 0.6) is 5.75 Å². The predicted octanol–water partition coefficient (Wildman–Crippen LogP) is 4.20. The van der Waals surface area contributed by atoms with Gasteiger partial charge in [0.05, 0.1) is 13.3 Å². The number of Topliss-reactive ketones (excluding diaryl/α,β-unsaturated/α-hetero) is 1. The molecule has 148 valence electrons. The van der Waals surface area contributed by atoms with Crippen LogP contribution in [-0.2, 0) is 4.79 Å². The van der Waals surface area contributed by atoms with Gasteiger partial charge in [-0.2, -0.15) is 0 Å². The maximum Gasteiger partial charge on any atom is 0.326 e. The van der Waals surface area contributed by atoms with E-state index in [1.165, 1.54) is 30.9 Å². The molecule has 7 heteroatoms. The van der Waals surface area contributed by atoms with Crippen molar-refractivity contribution in [2.45, 2.75) is 39.2 Å². The van der Waals surface area contributed by atoms with Crippen LogP contribution in [0.4, 0.5) is 0 Å². The molecule has 3 rings (SSSR count). The van der Waals surface area contributed by atoms with E-state index >= 15 is 0 Å². The first kappa shape index (κ1) is 20.1. The summed E-state index contributed by atoms with van der Waals surface area (Å²) in [6.45, 7) is 3.45. The highest BCUT2D eigenvalue weighted by Gasteiger charge is 2.42. The number of benzene rings is 1. The second kappa shape index (κ2) is 7.43. The maximum atomic E-state index is 12.8. The molecule has 1 atom stereocenters. The number of ketones is 1. The van der Waals surface area contributed by atoms with Crippen LogP contribution in [0.2, 0.25) is 5.02 Å². The van der Waals surface area contributed by atoms with Gasteiger partial charge in [-0.15, -0.1) is 0 Å². The van der Waals surface area contributed by atoms with Crippen molar-refractivity contribution < 1.29 is 19.4 Å². The van der Waals surface area contributed by atoms with Gasteiger partial charge >= 0.3 is 5.97 Å². The SMILES string of the molecule is COc1cn(C(CC2(C)CC2)C(=O)O)c(=O)cc1-c1cc(Cl)ccc1C(C)=O. The van der Waals surface area contributed by atoms with E-state index in [9.17, 15) is 19.5 Å². The number of rotatable bonds is 7. The average Bonchev–Trinajstić information content (AvgIpc) is 3.36. The standard InChI is InChI=1S/C21H22ClNO5/c1-12(24)14-5-4-13(22)8-15(14)16-9-19(25)23(11-18(16)28-3)17(20(26)27)10-21(2)6-7-21/h4-5,8-9,11,17H,6-7,10H2,1-3H3,(H,26,27). The van der Waals surface area contributed by atoms with Crippen molar-refractivity contribution in [1.29, 1.82) is 0 Å². The summed E-state index contributed by atoms with van der Waals surface area (Å²) in [5.41, 5.74) is 0.755. The quantitative estimate of drug-likeness (QED) is 0.700. The second-order valence-electron chi connectivity index (χ2n) is 7.62. The molecule has 0 aliphatic heterocycles. The van der Waals surface area contributed by atoms with E-state index in [0.29, 0.717) is 33.9 Å². The third kappa shape index (κ3) is 3.97. The van der Waals surface area contributed by atoms with Crippen molar-refractivity contribution in [3.8, 4) is 16.9 Å². The maximum absolute atomic E-state index is 12.8. The van der Waals surface area contributed by atoms with E-state index < -0.39 is 17.6 Å². The zero-order valence-corrected chi connectivity index (χ0v) is 16.7. The van der Waals surface area contributed by atoms with Crippen LogP contribution in [0.1, 0.15) is 49.5 Å². The number of carbonyl (C=O) groups is 2. The van der Waals surface area contributed by atoms with Gasteiger partial charge in [0.25, 0.3) is 5.56 Å². The Morgan fingerprint density at radius 3 is 2.50 bits per heavy atom. The fraction of sp³-hybridized carbons (Fsp3) is 0.381. The number of carbonyl (C=O) groups excluding carboxylic acids is 1. The Hall–Kier alpha value is -2.60. The van der Waals surface area contributed by atoms with Crippen molar-refractivity contribution >= 4 is 23.4 Å². The normalized spacial score (nSPS) is 15.7. The van der Waals surface area contributed by atoms with Gasteiger partial charge in [-0.3, -0.25) is 14.2 Å². The summed E-state index contributed by atoms with van der Waals surface area (Å²) < 4.78 is 6.64. The first-order valence-electron chi connectivity index (χ1n) is 8.99. The summed E-state index contributed by atoms with van der Waals surface area (Å²) in [6.07, 6.45) is 3.68. The molecule has 6 nitrogen and oxygen atoms in total. The number of hydrogen-bond donors (Lipinski definition) is 1. The lowest BCUT2D eigenvalue weighted by Crippen LogP contribution is -2.31. The Labute approximate surface area is 167 Å². The third-order valence-corrected chi connectivity index (χ3v) is 5.56. The molecule has 0 spiro atoms. The Balaban J connectivity index is 2.15. The number of pyridine rings is 1. The van der Waals surface area contributed by atoms with Gasteiger partial charge in [0.2, 0.25) is 0 Å². The molecule has 1 aromatic heterocycles. The van der Waals surface area contributed by atoms with Crippen LogP contribution in [-0.4, -0.2) is 28.5 Å². The van der Waals surface area contributed by atoms with Gasteiger partial charge in [0, 0.05) is 22.2 Å². The zero-order valence-electron chi connectivity index (χ0n) is 16.0. The average molecular weight is 404 g/mol. The number of nitrogens with zero attached hydrogens (tertiary/aromatic N) is 1. The van der Waals surface area contributed by atoms with E-state index in [4.69, 9.17) is 16.3 Å². The number of aliphatic carboxylic acids is 1. The Morgan fingerprint density at radius 2 is 1.96 bits per heavy atom. The molecule has 28 heavy (non-hydrogen) atoms. The summed E-state index contributed by atoms with van der Waals surface area (Å²) in [7, 11) is 1.43. The van der Waals surface area contributed by atoms with Gasteiger partial charge in [-0.25, -0.2) is 4.79 Å². The number of carboxylic acids is 1. The largest absolute Gasteiger partial charge is 0.495 e. The summed E-state index contributed by atoms with van der Waals surface area (Å²) in [6, 6.07) is 5.13. The number of aromatic nitrogens is 1. The predicted molar refractivity (Wildman–Crippen MR) is 106 cm³/mol. The van der Waals surface area contributed by atoms with Crippen molar-refractivity contribution in [3.05, 3.63) is 51.4 Å². The van der Waals surface area contributed by atoms with Crippen LogP contribution >= 0.6 is 11.6 Å². The van der Waals surface area contributed by atoms with Crippen LogP contribution in [0.25, 0.3) is 11.1 Å². The molecule has 1 aliphatic rings. The van der Waals surface area contributed by atoms with Gasteiger partial charge in [-0.05, 0) is 55.4 Å². The summed E-state index contributed by atoms with van der Waals surface area (Å²) in [5.74, 6) is -0.934. The van der Waals surface area contributed by atoms with E-state index in [1.54, 1.807) is 18.2 Å². The van der Waals surface area contributed by atoms with Crippen molar-refractivity contribution in [2.75, 3.05) is 7.11 Å². The molecule has 0 saturated heterocycles. The smallest absolute Gasteiger partial charge is 0.326 e. The van der Waals surface area contributed by atoms with Gasteiger partial charge in [0.1, 0.15) is 11.8 Å². The number of carboxylic acid groups (broad SMARTS) is 1. The molecular formula is C21H22ClNO5. The first-order chi connectivity index (χ1) is 13.1. The van der Waals surface area contributed by atoms with Crippen LogP contribution < -0.4 is 10.3 Å². The first-order valence-corrected chi connectivity index (χ1v) is 9.37. The van der Waals surface area contributed by atoms with Gasteiger partial charge < -0.3 is 9.84 Å². The monoisotopic (exact) mass is 403 g/mol. The van der Waals surface area contributed by atoms with Gasteiger partial charge in [-0.1, -0.05) is 18.5 Å². The molecule has 1 fully saturated rings. The van der Waals surface area contributed by atoms with Crippen molar-refractivity contribution in [1.82, 2.24) is 4.57 Å². The van der Waals surface area contributed by atoms with E-state index in [1.807, 2.05) is 6.92 Å². The molecule has 0 radical (unpaired) electrons. The Morgan fingerprint density at radius 1 is 1.29 bits per heavy atom. The lowest BCUT2D eigenvalue weighted by Gasteiger charge is -2.21. The zero-order chi connectivity index (χ0) is 20.6. The van der Waals surface area contributed by atoms with E-state index in [2.05, 4.69) is 0 Å². The molecular weight excluding hydrogens is 382 g/mol. The van der Waals surface area contributed by atoms with Gasteiger partial charge in [0.15, 0.2) is 5.78 Å². The fourth-order valence-corrected chi connectivity index (χ4v) is 3.55. The highest BCUT2D eigenvalue weighted by Crippen LogP contribution is 2.50. The molecule has 1 aliphatic carbocycles. The van der Waals surface area contributed by atoms with E-state index in [0.717, 1.165) is 12.8 Å². The summed E-state index contributed by atoms with van der Waals surface area (Å²) in [4.78, 5) is 36.7. The molecule has 1 saturated carbocycles. The second-order valence-corrected chi connectivity index (χ2v) is 8.05. The van der Waals surface area contributed by atoms with E-state index in [-0.39, 0.29) is 11.2 Å². The highest BCUT2D eigenvalue weighted by atomic mass is 35.5. The molecule has 1 unspecified atom stereocenters. The number of ether oxygens (including phenoxy) is 1. The Bertz CT molecular complexity index is 1010. The van der Waals surface area contributed by atoms with Crippen LogP contribution in [0, 0.1) is 5.41 Å². The van der Waals surface area contributed by atoms with Crippen LogP contribution in [0.3, 0.4) is 0 Å². The number of hydrogen-bond acceptors (Lipinski definition) is 4. The van der Waals surface area contributed by atoms with Crippen molar-refractivity contribution in [3.63, 3.8) is 0 Å². The summed E-state index contributed by atoms with van der Waals surface area (Å²) >= 11 is 6.10. The lowest BCUT2D eigenvalue weighted by molar-refractivity contribution is -0.141. The lowest BCUT2D eigenvalue weighted by atomic mass is 9.96. The molecule has 0 amide bonds. The topological polar surface area (TPSA) is 85.6 Å². The van der Waals surface area contributed by atoms with Crippen LogP contribution in [0.15, 0.2) is 35.3 Å². The highest BCUT2D eigenvalue weighted by molar-refractivity contribution is 6.31. The minimum Gasteiger partial charge on any atom is -0.495 e. The molecule has 1 heterocycles. The molecule has 1 N–H and O–H groups in total. The summed E-state index contributed by atoms with van der Waals surface area (Å²) in [5, 5.41) is 10.1. The minimum absolute atomic E-state index is 0.0524. The minimum atomic E-state index is -1.06. The number of halogens is 1. The van der Waals surface area contributed by atoms with Crippen molar-refractivity contribution in [2.24, 2.45) is 5.41 Å². The number of methoxy groups -OCH3 is 1. The third-order valence-electron chi connectivity index (χ3n) is 5.33. The molecule has 2 aromatic rings. The Kier molecular flexibility index (Phi) is 5.35. The fourth-order valence-electron chi connectivity index (χ4n) is 3.38. The molecule has 1 aromatic carbocycles.